The van der Waals surface area contributed by atoms with Crippen LogP contribution in [0.5, 0.6) is 0 Å². The molecule has 1 aromatic heterocycles. The number of hydrogen-bond donors (Lipinski definition) is 3. The number of esters is 1. The van der Waals surface area contributed by atoms with Crippen molar-refractivity contribution in [3.63, 3.8) is 0 Å². The molecular formula is C18H22ClN5O5. The molecule has 29 heavy (non-hydrogen) atoms. The number of carbonyl (C=O) groups is 2. The Kier molecular flexibility index (Phi) is 8.97. The minimum absolute atomic E-state index is 0. The zero-order valence-corrected chi connectivity index (χ0v) is 16.7. The van der Waals surface area contributed by atoms with Gasteiger partial charge in [-0.15, -0.1) is 12.4 Å². The molecule has 0 bridgehead atoms. The number of nitrogens with two attached hydrogens (primary N) is 1. The number of methoxy groups -OCH3 is 1. The van der Waals surface area contributed by atoms with E-state index >= 15 is 0 Å². The zero-order valence-electron chi connectivity index (χ0n) is 15.9. The second-order valence-electron chi connectivity index (χ2n) is 5.75. The van der Waals surface area contributed by atoms with Crippen LogP contribution < -0.4 is 16.6 Å². The lowest BCUT2D eigenvalue weighted by Crippen LogP contribution is -2.35. The Bertz CT molecular complexity index is 943. The van der Waals surface area contributed by atoms with Gasteiger partial charge in [0.05, 0.1) is 19.4 Å². The summed E-state index contributed by atoms with van der Waals surface area (Å²) in [6.45, 7) is -0.0145. The fourth-order valence-corrected chi connectivity index (χ4v) is 2.28. The number of nitrogen functional groups attached to an aromatic ring is 1. The number of ether oxygens (including phenoxy) is 2. The molecule has 0 radical (unpaired) electrons. The lowest BCUT2D eigenvalue weighted by atomic mass is 10.1. The predicted molar refractivity (Wildman–Crippen MR) is 108 cm³/mol. The number of nitrogens with zero attached hydrogens (tertiary/aromatic N) is 2. The molecule has 0 atom stereocenters. The van der Waals surface area contributed by atoms with Crippen molar-refractivity contribution in [2.24, 2.45) is 12.8 Å². The van der Waals surface area contributed by atoms with Gasteiger partial charge in [-0.1, -0.05) is 24.3 Å². The average Bonchev–Trinajstić information content (AvgIpc) is 2.69. The standard InChI is InChI=1S/C18H21N5O5.ClH/c1-23-18(26)13(17(25)21-7-8-28-10-15(24)27-2)9-14(22-23)11-3-5-12(6-4-11)16(19)20;/h3-6,9H,7-8,10H2,1-2H3,(H3,19,20)(H,21,25);1H. The van der Waals surface area contributed by atoms with Gasteiger partial charge >= 0.3 is 5.97 Å². The highest BCUT2D eigenvalue weighted by atomic mass is 35.5. The average molecular weight is 424 g/mol. The summed E-state index contributed by atoms with van der Waals surface area (Å²) < 4.78 is 10.5. The molecule has 0 aliphatic carbocycles. The maximum Gasteiger partial charge on any atom is 0.331 e. The third-order valence-electron chi connectivity index (χ3n) is 3.78. The molecule has 2 rings (SSSR count). The summed E-state index contributed by atoms with van der Waals surface area (Å²) >= 11 is 0. The molecule has 0 spiro atoms. The molecule has 0 aliphatic rings. The quantitative estimate of drug-likeness (QED) is 0.235. The third kappa shape index (κ3) is 6.40. The number of benzene rings is 1. The van der Waals surface area contributed by atoms with Gasteiger partial charge < -0.3 is 20.5 Å². The number of nitrogens with one attached hydrogen (secondary N) is 2. The first kappa shape index (κ1) is 23.8. The van der Waals surface area contributed by atoms with Crippen LogP contribution in [-0.2, 0) is 21.3 Å². The molecule has 0 aliphatic heterocycles. The molecule has 10 nitrogen and oxygen atoms in total. The van der Waals surface area contributed by atoms with E-state index in [4.69, 9.17) is 15.9 Å². The monoisotopic (exact) mass is 423 g/mol. The van der Waals surface area contributed by atoms with Gasteiger partial charge in [0.25, 0.3) is 11.5 Å². The van der Waals surface area contributed by atoms with E-state index in [1.165, 1.54) is 20.2 Å². The van der Waals surface area contributed by atoms with Gasteiger partial charge in [0.15, 0.2) is 0 Å². The summed E-state index contributed by atoms with van der Waals surface area (Å²) in [7, 11) is 2.70. The van der Waals surface area contributed by atoms with Gasteiger partial charge in [0.1, 0.15) is 18.0 Å². The van der Waals surface area contributed by atoms with Crippen LogP contribution in [0.25, 0.3) is 11.3 Å². The first-order valence-electron chi connectivity index (χ1n) is 8.29. The molecule has 0 unspecified atom stereocenters. The summed E-state index contributed by atoms with van der Waals surface area (Å²) in [6.07, 6.45) is 0. The Morgan fingerprint density at radius 2 is 1.93 bits per heavy atom. The number of amides is 1. The second kappa shape index (κ2) is 10.9. The second-order valence-corrected chi connectivity index (χ2v) is 5.75. The van der Waals surface area contributed by atoms with Gasteiger partial charge in [-0.3, -0.25) is 15.0 Å². The Labute approximate surface area is 172 Å². The van der Waals surface area contributed by atoms with E-state index in [2.05, 4.69) is 15.2 Å². The molecule has 11 heteroatoms. The number of halogens is 1. The summed E-state index contributed by atoms with van der Waals surface area (Å²) in [5, 5.41) is 14.1. The number of rotatable bonds is 8. The minimum Gasteiger partial charge on any atom is -0.467 e. The molecule has 2 aromatic rings. The van der Waals surface area contributed by atoms with Crippen molar-refractivity contribution < 1.29 is 19.1 Å². The number of aryl methyl sites for hydroxylation is 1. The molecule has 0 saturated carbocycles. The van der Waals surface area contributed by atoms with E-state index < -0.39 is 17.4 Å². The molecule has 1 amide bonds. The van der Waals surface area contributed by atoms with Crippen LogP contribution in [0, 0.1) is 5.41 Å². The van der Waals surface area contributed by atoms with Gasteiger partial charge in [0.2, 0.25) is 0 Å². The third-order valence-corrected chi connectivity index (χ3v) is 3.78. The highest BCUT2D eigenvalue weighted by Gasteiger charge is 2.15. The van der Waals surface area contributed by atoms with Gasteiger partial charge in [-0.2, -0.15) is 5.10 Å². The lowest BCUT2D eigenvalue weighted by Gasteiger charge is -2.09. The Morgan fingerprint density at radius 3 is 2.52 bits per heavy atom. The van der Waals surface area contributed by atoms with Crippen LogP contribution in [0.1, 0.15) is 15.9 Å². The SMILES string of the molecule is COC(=O)COCCNC(=O)c1cc(-c2ccc(C(=N)N)cc2)nn(C)c1=O.Cl. The Balaban J connectivity index is 0.00000420. The van der Waals surface area contributed by atoms with E-state index in [0.717, 1.165) is 4.68 Å². The van der Waals surface area contributed by atoms with E-state index in [1.54, 1.807) is 24.3 Å². The van der Waals surface area contributed by atoms with Gasteiger partial charge in [0, 0.05) is 24.7 Å². The van der Waals surface area contributed by atoms with Crippen molar-refractivity contribution in [3.05, 3.63) is 51.8 Å². The number of hydrogen-bond acceptors (Lipinski definition) is 7. The molecular weight excluding hydrogens is 402 g/mol. The molecule has 156 valence electrons. The smallest absolute Gasteiger partial charge is 0.331 e. The minimum atomic E-state index is -0.578. The predicted octanol–water partition coefficient (Wildman–Crippen LogP) is 0.0726. The first-order valence-corrected chi connectivity index (χ1v) is 8.29. The van der Waals surface area contributed by atoms with Crippen molar-refractivity contribution in [2.45, 2.75) is 0 Å². The molecule has 1 aromatic carbocycles. The molecule has 0 saturated heterocycles. The van der Waals surface area contributed by atoms with E-state index in [0.29, 0.717) is 16.8 Å². The van der Waals surface area contributed by atoms with Crippen LogP contribution in [0.15, 0.2) is 35.1 Å². The molecule has 4 N–H and O–H groups in total. The lowest BCUT2D eigenvalue weighted by molar-refractivity contribution is -0.145. The van der Waals surface area contributed by atoms with Crippen molar-refractivity contribution in [3.8, 4) is 11.3 Å². The van der Waals surface area contributed by atoms with E-state index in [9.17, 15) is 14.4 Å². The van der Waals surface area contributed by atoms with Gasteiger partial charge in [-0.25, -0.2) is 9.48 Å². The van der Waals surface area contributed by atoms with Crippen LogP contribution in [0.2, 0.25) is 0 Å². The Hall–Kier alpha value is -3.24. The van der Waals surface area contributed by atoms with Crippen LogP contribution >= 0.6 is 12.4 Å². The fourth-order valence-electron chi connectivity index (χ4n) is 2.28. The largest absolute Gasteiger partial charge is 0.467 e. The molecule has 0 fully saturated rings. The van der Waals surface area contributed by atoms with Crippen molar-refractivity contribution in [1.29, 1.82) is 5.41 Å². The van der Waals surface area contributed by atoms with E-state index in [-0.39, 0.29) is 43.6 Å². The summed E-state index contributed by atoms with van der Waals surface area (Å²) in [4.78, 5) is 35.5. The van der Waals surface area contributed by atoms with Crippen molar-refractivity contribution in [1.82, 2.24) is 15.1 Å². The van der Waals surface area contributed by atoms with Crippen LogP contribution in [0.3, 0.4) is 0 Å². The number of aromatic nitrogens is 2. The topological polar surface area (TPSA) is 149 Å². The maximum atomic E-state index is 12.4. The number of carbonyl (C=O) groups excluding carboxylic acids is 2. The highest BCUT2D eigenvalue weighted by Crippen LogP contribution is 2.17. The Morgan fingerprint density at radius 1 is 1.28 bits per heavy atom. The van der Waals surface area contributed by atoms with Gasteiger partial charge in [-0.05, 0) is 6.07 Å². The van der Waals surface area contributed by atoms with Crippen molar-refractivity contribution in [2.75, 3.05) is 26.9 Å². The normalized spacial score (nSPS) is 10.0. The maximum absolute atomic E-state index is 12.4. The highest BCUT2D eigenvalue weighted by molar-refractivity contribution is 5.96. The van der Waals surface area contributed by atoms with Crippen molar-refractivity contribution >= 4 is 30.1 Å². The molecule has 1 heterocycles. The fraction of sp³-hybridized carbons (Fsp3) is 0.278. The summed E-state index contributed by atoms with van der Waals surface area (Å²) in [6, 6.07) is 8.11. The van der Waals surface area contributed by atoms with E-state index in [1.807, 2.05) is 0 Å². The zero-order chi connectivity index (χ0) is 20.7. The number of amidine groups is 1. The summed E-state index contributed by atoms with van der Waals surface area (Å²) in [5.74, 6) is -1.16. The van der Waals surface area contributed by atoms with Crippen LogP contribution in [0.4, 0.5) is 0 Å². The first-order chi connectivity index (χ1) is 13.3. The van der Waals surface area contributed by atoms with Crippen LogP contribution in [-0.4, -0.2) is 54.4 Å². The summed E-state index contributed by atoms with van der Waals surface area (Å²) in [5.41, 5.74) is 6.46.